The molecule has 0 atom stereocenters. The van der Waals surface area contributed by atoms with E-state index in [1.807, 2.05) is 0 Å². The number of Topliss-reactive ketones (excluding diaryl/α,β-unsaturated/α-hetero) is 1. The van der Waals surface area contributed by atoms with Crippen LogP contribution in [0, 0.1) is 0 Å². The van der Waals surface area contributed by atoms with Crippen molar-refractivity contribution in [1.82, 2.24) is 0 Å². The molecule has 4 rings (SSSR count). The monoisotopic (exact) mass is 458 g/mol. The summed E-state index contributed by atoms with van der Waals surface area (Å²) in [6.07, 6.45) is 3.54. The molecule has 2 aliphatic rings. The fraction of sp³-hybridized carbons (Fsp3) is 0.364. The third kappa shape index (κ3) is 4.45. The van der Waals surface area contributed by atoms with Gasteiger partial charge in [0.05, 0.1) is 11.3 Å². The number of hydrogen-bond acceptors (Lipinski definition) is 8. The van der Waals surface area contributed by atoms with Gasteiger partial charge in [0.2, 0.25) is 12.7 Å². The first-order valence-corrected chi connectivity index (χ1v) is 11.0. The summed E-state index contributed by atoms with van der Waals surface area (Å²) in [5.41, 5.74) is 1.70. The predicted octanol–water partition coefficient (Wildman–Crippen LogP) is 3.31. The van der Waals surface area contributed by atoms with Crippen molar-refractivity contribution in [3.8, 4) is 11.5 Å². The zero-order chi connectivity index (χ0) is 22.8. The van der Waals surface area contributed by atoms with Crippen LogP contribution in [0.15, 0.2) is 12.1 Å². The van der Waals surface area contributed by atoms with Crippen LogP contribution in [0.4, 0.5) is 10.7 Å². The van der Waals surface area contributed by atoms with E-state index in [2.05, 4.69) is 10.6 Å². The van der Waals surface area contributed by atoms with E-state index in [1.54, 1.807) is 0 Å². The number of fused-ring (bicyclic) bond motifs is 2. The van der Waals surface area contributed by atoms with Crippen molar-refractivity contribution in [3.05, 3.63) is 33.7 Å². The number of carbonyl (C=O) groups excluding carboxylic acids is 4. The quantitative estimate of drug-likeness (QED) is 0.503. The molecule has 0 spiro atoms. The molecule has 0 unspecified atom stereocenters. The summed E-state index contributed by atoms with van der Waals surface area (Å²) >= 11 is 1.38. The number of benzene rings is 1. The van der Waals surface area contributed by atoms with E-state index in [0.29, 0.717) is 22.1 Å². The van der Waals surface area contributed by atoms with Crippen LogP contribution >= 0.6 is 11.3 Å². The van der Waals surface area contributed by atoms with Crippen LogP contribution in [-0.4, -0.2) is 37.0 Å². The highest BCUT2D eigenvalue weighted by Gasteiger charge is 2.28. The Balaban J connectivity index is 1.47. The van der Waals surface area contributed by atoms with Crippen LogP contribution in [0.5, 0.6) is 11.5 Å². The molecule has 0 fully saturated rings. The van der Waals surface area contributed by atoms with Crippen molar-refractivity contribution in [3.63, 3.8) is 0 Å². The molecule has 0 bridgehead atoms. The van der Waals surface area contributed by atoms with Gasteiger partial charge in [0.15, 0.2) is 23.9 Å². The molecule has 0 saturated heterocycles. The van der Waals surface area contributed by atoms with Gasteiger partial charge < -0.3 is 24.8 Å². The molecule has 0 radical (unpaired) electrons. The first-order valence-electron chi connectivity index (χ1n) is 10.2. The van der Waals surface area contributed by atoms with Crippen molar-refractivity contribution in [2.45, 2.75) is 39.5 Å². The van der Waals surface area contributed by atoms with Crippen molar-refractivity contribution in [2.24, 2.45) is 0 Å². The lowest BCUT2D eigenvalue weighted by Crippen LogP contribution is -2.23. The summed E-state index contributed by atoms with van der Waals surface area (Å²) in [6, 6.07) is 3.01. The molecule has 2 heterocycles. The van der Waals surface area contributed by atoms with Crippen LogP contribution in [0.25, 0.3) is 0 Å². The second kappa shape index (κ2) is 8.99. The lowest BCUT2D eigenvalue weighted by Gasteiger charge is -2.13. The van der Waals surface area contributed by atoms with E-state index < -0.39 is 18.5 Å². The maximum absolute atomic E-state index is 12.8. The van der Waals surface area contributed by atoms with E-state index in [9.17, 15) is 19.2 Å². The maximum Gasteiger partial charge on any atom is 0.341 e. The first kappa shape index (κ1) is 21.8. The summed E-state index contributed by atoms with van der Waals surface area (Å²) in [5, 5.41) is 5.74. The Bertz CT molecular complexity index is 1120. The van der Waals surface area contributed by atoms with Gasteiger partial charge in [0.25, 0.3) is 5.91 Å². The molecule has 2 aromatic rings. The van der Waals surface area contributed by atoms with Gasteiger partial charge in [-0.15, -0.1) is 11.3 Å². The molecule has 9 nitrogen and oxygen atoms in total. The van der Waals surface area contributed by atoms with Crippen LogP contribution in [-0.2, 0) is 27.2 Å². The molecule has 168 valence electrons. The Morgan fingerprint density at radius 2 is 1.75 bits per heavy atom. The van der Waals surface area contributed by atoms with Crippen LogP contribution < -0.4 is 20.1 Å². The third-order valence-corrected chi connectivity index (χ3v) is 6.37. The number of ether oxygens (including phenoxy) is 3. The van der Waals surface area contributed by atoms with Crippen molar-refractivity contribution < 1.29 is 33.4 Å². The van der Waals surface area contributed by atoms with E-state index >= 15 is 0 Å². The summed E-state index contributed by atoms with van der Waals surface area (Å²) in [7, 11) is 0. The number of amides is 2. The lowest BCUT2D eigenvalue weighted by atomic mass is 9.95. The Morgan fingerprint density at radius 3 is 2.47 bits per heavy atom. The van der Waals surface area contributed by atoms with Gasteiger partial charge in [0, 0.05) is 23.4 Å². The topological polar surface area (TPSA) is 120 Å². The number of nitrogens with one attached hydrogen (secondary N) is 2. The minimum absolute atomic E-state index is 0.0310. The normalized spacial score (nSPS) is 13.8. The van der Waals surface area contributed by atoms with Crippen molar-refractivity contribution >= 4 is 45.6 Å². The van der Waals surface area contributed by atoms with Crippen LogP contribution in [0.3, 0.4) is 0 Å². The summed E-state index contributed by atoms with van der Waals surface area (Å²) in [5.74, 6) is -0.986. The zero-order valence-electron chi connectivity index (χ0n) is 17.7. The highest BCUT2D eigenvalue weighted by molar-refractivity contribution is 7.17. The first-order chi connectivity index (χ1) is 15.3. The average Bonchev–Trinajstić information content (AvgIpc) is 3.34. The summed E-state index contributed by atoms with van der Waals surface area (Å²) in [6.45, 7) is 2.23. The minimum Gasteiger partial charge on any atom is -0.454 e. The number of esters is 1. The fourth-order valence-corrected chi connectivity index (χ4v) is 5.08. The molecule has 2 amide bonds. The van der Waals surface area contributed by atoms with Gasteiger partial charge in [-0.05, 0) is 44.2 Å². The number of thiophene rings is 1. The van der Waals surface area contributed by atoms with E-state index in [0.717, 1.165) is 36.1 Å². The van der Waals surface area contributed by atoms with Gasteiger partial charge >= 0.3 is 5.97 Å². The Hall–Kier alpha value is -3.40. The van der Waals surface area contributed by atoms with Crippen LogP contribution in [0.2, 0.25) is 0 Å². The summed E-state index contributed by atoms with van der Waals surface area (Å²) in [4.78, 5) is 49.9. The molecule has 1 aromatic carbocycles. The Kier molecular flexibility index (Phi) is 6.13. The van der Waals surface area contributed by atoms with E-state index in [1.165, 1.54) is 37.3 Å². The van der Waals surface area contributed by atoms with Gasteiger partial charge in [-0.3, -0.25) is 14.4 Å². The number of hydrogen-bond donors (Lipinski definition) is 2. The highest BCUT2D eigenvalue weighted by atomic mass is 32.1. The maximum atomic E-state index is 12.8. The SMILES string of the molecule is CC(=O)Nc1sc2c(c1C(=O)OCC(=O)Nc1cc3c(cc1C(C)=O)OCO3)CCCC2. The van der Waals surface area contributed by atoms with Gasteiger partial charge in [-0.1, -0.05) is 0 Å². The smallest absolute Gasteiger partial charge is 0.341 e. The van der Waals surface area contributed by atoms with Crippen LogP contribution in [0.1, 0.15) is 57.8 Å². The molecule has 1 aromatic heterocycles. The fourth-order valence-electron chi connectivity index (χ4n) is 3.76. The summed E-state index contributed by atoms with van der Waals surface area (Å²) < 4.78 is 15.8. The van der Waals surface area contributed by atoms with Crippen molar-refractivity contribution in [2.75, 3.05) is 24.0 Å². The number of rotatable bonds is 6. The molecular weight excluding hydrogens is 436 g/mol. The Labute approximate surface area is 188 Å². The molecule has 1 aliphatic heterocycles. The minimum atomic E-state index is -0.666. The second-order valence-corrected chi connectivity index (χ2v) is 8.63. The standard InChI is InChI=1S/C22H22N2O7S/c1-11(25)14-7-16-17(31-10-30-16)8-15(14)24-19(27)9-29-22(28)20-13-5-3-4-6-18(13)32-21(20)23-12(2)26/h7-8H,3-6,9-10H2,1-2H3,(H,23,26)(H,24,27). The highest BCUT2D eigenvalue weighted by Crippen LogP contribution is 2.39. The predicted molar refractivity (Wildman–Crippen MR) is 117 cm³/mol. The number of ketones is 1. The molecule has 0 saturated carbocycles. The van der Waals surface area contributed by atoms with Crippen molar-refractivity contribution in [1.29, 1.82) is 0 Å². The second-order valence-electron chi connectivity index (χ2n) is 7.53. The molecule has 32 heavy (non-hydrogen) atoms. The molecule has 2 N–H and O–H groups in total. The number of carbonyl (C=O) groups is 4. The largest absolute Gasteiger partial charge is 0.454 e. The lowest BCUT2D eigenvalue weighted by molar-refractivity contribution is -0.119. The Morgan fingerprint density at radius 1 is 1.03 bits per heavy atom. The van der Waals surface area contributed by atoms with E-state index in [4.69, 9.17) is 14.2 Å². The molecule has 10 heteroatoms. The number of aryl methyl sites for hydroxylation is 1. The zero-order valence-corrected chi connectivity index (χ0v) is 18.5. The van der Waals surface area contributed by atoms with E-state index in [-0.39, 0.29) is 29.7 Å². The van der Waals surface area contributed by atoms with Gasteiger partial charge in [-0.25, -0.2) is 4.79 Å². The number of anilines is 2. The average molecular weight is 458 g/mol. The third-order valence-electron chi connectivity index (χ3n) is 5.17. The molecular formula is C22H22N2O7S. The molecule has 1 aliphatic carbocycles. The van der Waals surface area contributed by atoms with Gasteiger partial charge in [0.1, 0.15) is 5.00 Å². The van der Waals surface area contributed by atoms with Gasteiger partial charge in [-0.2, -0.15) is 0 Å².